The van der Waals surface area contributed by atoms with E-state index in [2.05, 4.69) is 21.2 Å². The number of alkyl carbamates (subject to hydrolysis) is 1. The van der Waals surface area contributed by atoms with Gasteiger partial charge in [-0.25, -0.2) is 9.59 Å². The third kappa shape index (κ3) is 5.69. The number of carbonyl (C=O) groups is 2. The number of rotatable bonds is 5. The Labute approximate surface area is 145 Å². The molecule has 3 N–H and O–H groups in total. The number of carboxylic acids is 1. The first-order valence-electron chi connectivity index (χ1n) is 6.79. The van der Waals surface area contributed by atoms with Gasteiger partial charge in [0, 0.05) is 24.1 Å². The van der Waals surface area contributed by atoms with Gasteiger partial charge in [0.25, 0.3) is 5.69 Å². The number of hydrogen-bond acceptors (Lipinski definition) is 6. The summed E-state index contributed by atoms with van der Waals surface area (Å²) in [4.78, 5) is 33.3. The second-order valence-electron chi connectivity index (χ2n) is 5.93. The van der Waals surface area contributed by atoms with E-state index in [9.17, 15) is 29.9 Å². The molecule has 0 saturated carbocycles. The van der Waals surface area contributed by atoms with Gasteiger partial charge < -0.3 is 20.3 Å². The first-order valence-corrected chi connectivity index (χ1v) is 7.58. The molecule has 9 nitrogen and oxygen atoms in total. The van der Waals surface area contributed by atoms with Crippen molar-refractivity contribution >= 4 is 33.7 Å². The molecule has 0 bridgehead atoms. The molecular weight excluding hydrogens is 388 g/mol. The molecule has 0 saturated heterocycles. The van der Waals surface area contributed by atoms with Crippen LogP contribution in [0.3, 0.4) is 0 Å². The van der Waals surface area contributed by atoms with Crippen molar-refractivity contribution in [3.8, 4) is 5.75 Å². The van der Waals surface area contributed by atoms with E-state index in [0.717, 1.165) is 12.1 Å². The van der Waals surface area contributed by atoms with Gasteiger partial charge in [-0.3, -0.25) is 10.1 Å². The summed E-state index contributed by atoms with van der Waals surface area (Å²) in [5.74, 6) is -1.70. The van der Waals surface area contributed by atoms with Gasteiger partial charge >= 0.3 is 12.1 Å². The average Bonchev–Trinajstić information content (AvgIpc) is 2.37. The van der Waals surface area contributed by atoms with Crippen LogP contribution in [-0.4, -0.2) is 38.8 Å². The topological polar surface area (TPSA) is 139 Å². The summed E-state index contributed by atoms with van der Waals surface area (Å²) in [5, 5.41) is 32.2. The van der Waals surface area contributed by atoms with E-state index in [0.29, 0.717) is 0 Å². The predicted molar refractivity (Wildman–Crippen MR) is 87.0 cm³/mol. The Hall–Kier alpha value is -2.36. The summed E-state index contributed by atoms with van der Waals surface area (Å²) in [6.07, 6.45) is -1.30. The van der Waals surface area contributed by atoms with Crippen molar-refractivity contribution < 1.29 is 29.5 Å². The monoisotopic (exact) mass is 404 g/mol. The van der Waals surface area contributed by atoms with Crippen LogP contribution in [0, 0.1) is 10.1 Å². The number of carboxylic acid groups (broad SMARTS) is 1. The van der Waals surface area contributed by atoms with Gasteiger partial charge in [-0.05, 0) is 36.7 Å². The second-order valence-corrected chi connectivity index (χ2v) is 6.78. The number of hydrogen-bond donors (Lipinski definition) is 3. The Morgan fingerprint density at radius 2 is 2.00 bits per heavy atom. The fraction of sp³-hybridized carbons (Fsp3) is 0.429. The number of halogens is 1. The normalized spacial score (nSPS) is 12.3. The molecule has 1 unspecified atom stereocenters. The van der Waals surface area contributed by atoms with E-state index in [4.69, 9.17) is 4.74 Å². The quantitative estimate of drug-likeness (QED) is 0.505. The second kappa shape index (κ2) is 7.47. The fourth-order valence-electron chi connectivity index (χ4n) is 1.77. The molecule has 1 atom stereocenters. The number of aromatic hydroxyl groups is 1. The molecule has 0 spiro atoms. The molecule has 0 aliphatic heterocycles. The van der Waals surface area contributed by atoms with Gasteiger partial charge in [0.15, 0.2) is 0 Å². The summed E-state index contributed by atoms with van der Waals surface area (Å²) in [5.41, 5.74) is -1.14. The molecule has 10 heteroatoms. The van der Waals surface area contributed by atoms with Crippen LogP contribution in [0.5, 0.6) is 5.75 Å². The predicted octanol–water partition coefficient (Wildman–Crippen LogP) is 2.58. The molecule has 0 fully saturated rings. The van der Waals surface area contributed by atoms with Crippen LogP contribution in [0.1, 0.15) is 26.3 Å². The zero-order valence-corrected chi connectivity index (χ0v) is 14.8. The highest BCUT2D eigenvalue weighted by Crippen LogP contribution is 2.32. The minimum absolute atomic E-state index is 0.00774. The lowest BCUT2D eigenvalue weighted by Crippen LogP contribution is -2.44. The van der Waals surface area contributed by atoms with Crippen LogP contribution in [0.4, 0.5) is 10.5 Å². The van der Waals surface area contributed by atoms with Crippen LogP contribution in [0.2, 0.25) is 0 Å². The average molecular weight is 405 g/mol. The molecule has 0 heterocycles. The Morgan fingerprint density at radius 3 is 2.46 bits per heavy atom. The SMILES string of the molecule is CC(C)(C)OC(=O)NC(Cc1cc([N+](=O)[O-])c(Br)cc1O)C(=O)O. The molecule has 1 aromatic carbocycles. The van der Waals surface area contributed by atoms with Gasteiger partial charge in [0.1, 0.15) is 17.4 Å². The number of nitrogens with one attached hydrogen (secondary N) is 1. The van der Waals surface area contributed by atoms with Crippen molar-refractivity contribution in [3.05, 3.63) is 32.3 Å². The van der Waals surface area contributed by atoms with Crippen molar-refractivity contribution in [2.45, 2.75) is 38.8 Å². The Kier molecular flexibility index (Phi) is 6.13. The first kappa shape index (κ1) is 19.7. The molecule has 1 rings (SSSR count). The molecular formula is C14H17BrN2O7. The van der Waals surface area contributed by atoms with Crippen LogP contribution >= 0.6 is 15.9 Å². The highest BCUT2D eigenvalue weighted by molar-refractivity contribution is 9.10. The van der Waals surface area contributed by atoms with Crippen LogP contribution in [-0.2, 0) is 16.0 Å². The van der Waals surface area contributed by atoms with E-state index in [-0.39, 0.29) is 27.9 Å². The van der Waals surface area contributed by atoms with E-state index < -0.39 is 28.6 Å². The van der Waals surface area contributed by atoms with Gasteiger partial charge in [-0.2, -0.15) is 0 Å². The number of amides is 1. The largest absolute Gasteiger partial charge is 0.508 e. The molecule has 132 valence electrons. The number of phenolic OH excluding ortho intramolecular Hbond substituents is 1. The van der Waals surface area contributed by atoms with Gasteiger partial charge in [-0.1, -0.05) is 0 Å². The van der Waals surface area contributed by atoms with Crippen molar-refractivity contribution in [3.63, 3.8) is 0 Å². The van der Waals surface area contributed by atoms with Crippen LogP contribution in [0.15, 0.2) is 16.6 Å². The highest BCUT2D eigenvalue weighted by Gasteiger charge is 2.26. The first-order chi connectivity index (χ1) is 10.9. The van der Waals surface area contributed by atoms with Gasteiger partial charge in [-0.15, -0.1) is 0 Å². The van der Waals surface area contributed by atoms with Crippen LogP contribution < -0.4 is 5.32 Å². The number of benzene rings is 1. The number of nitro groups is 1. The summed E-state index contributed by atoms with van der Waals surface area (Å²) in [7, 11) is 0. The molecule has 0 aliphatic rings. The standard InChI is InChI=1S/C14H17BrN2O7/c1-14(2,3)24-13(21)16-9(12(19)20)4-7-5-10(17(22)23)8(15)6-11(7)18/h5-6,9,18H,4H2,1-3H3,(H,16,21)(H,19,20). The molecule has 1 amide bonds. The van der Waals surface area contributed by atoms with Gasteiger partial charge in [0.05, 0.1) is 9.40 Å². The number of nitrogens with zero attached hydrogens (tertiary/aromatic N) is 1. The van der Waals surface area contributed by atoms with E-state index in [1.165, 1.54) is 0 Å². The maximum Gasteiger partial charge on any atom is 0.408 e. The smallest absolute Gasteiger partial charge is 0.408 e. The van der Waals surface area contributed by atoms with E-state index in [1.807, 2.05) is 0 Å². The Bertz CT molecular complexity index is 670. The number of carbonyl (C=O) groups excluding carboxylic acids is 1. The number of nitro benzene ring substituents is 1. The number of aliphatic carboxylic acids is 1. The number of ether oxygens (including phenoxy) is 1. The van der Waals surface area contributed by atoms with E-state index >= 15 is 0 Å². The summed E-state index contributed by atoms with van der Waals surface area (Å²) in [6.45, 7) is 4.85. The lowest BCUT2D eigenvalue weighted by atomic mass is 10.0. The fourth-order valence-corrected chi connectivity index (χ4v) is 2.24. The number of phenols is 1. The lowest BCUT2D eigenvalue weighted by molar-refractivity contribution is -0.385. The minimum Gasteiger partial charge on any atom is -0.508 e. The highest BCUT2D eigenvalue weighted by atomic mass is 79.9. The van der Waals surface area contributed by atoms with Crippen molar-refractivity contribution in [2.24, 2.45) is 0 Å². The third-order valence-electron chi connectivity index (χ3n) is 2.76. The minimum atomic E-state index is -1.42. The van der Waals surface area contributed by atoms with Crippen molar-refractivity contribution in [1.29, 1.82) is 0 Å². The summed E-state index contributed by atoms with van der Waals surface area (Å²) in [6, 6.07) is 0.720. The molecule has 0 aliphatic carbocycles. The Balaban J connectivity index is 3.01. The van der Waals surface area contributed by atoms with Crippen molar-refractivity contribution in [1.82, 2.24) is 5.32 Å². The molecule has 1 aromatic rings. The Morgan fingerprint density at radius 1 is 1.42 bits per heavy atom. The molecule has 0 radical (unpaired) electrons. The molecule has 0 aromatic heterocycles. The maximum atomic E-state index is 11.7. The molecule has 24 heavy (non-hydrogen) atoms. The van der Waals surface area contributed by atoms with Crippen molar-refractivity contribution in [2.75, 3.05) is 0 Å². The zero-order valence-electron chi connectivity index (χ0n) is 13.2. The lowest BCUT2D eigenvalue weighted by Gasteiger charge is -2.22. The zero-order chi connectivity index (χ0) is 18.7. The maximum absolute atomic E-state index is 11.7. The van der Waals surface area contributed by atoms with Gasteiger partial charge in [0.2, 0.25) is 0 Å². The third-order valence-corrected chi connectivity index (χ3v) is 3.39. The summed E-state index contributed by atoms with van der Waals surface area (Å²) >= 11 is 2.94. The summed E-state index contributed by atoms with van der Waals surface area (Å²) < 4.78 is 5.03. The van der Waals surface area contributed by atoms with Crippen LogP contribution in [0.25, 0.3) is 0 Å². The van der Waals surface area contributed by atoms with E-state index in [1.54, 1.807) is 20.8 Å².